The van der Waals surface area contributed by atoms with Crippen LogP contribution in [0.15, 0.2) is 42.6 Å². The van der Waals surface area contributed by atoms with E-state index >= 15 is 0 Å². The highest BCUT2D eigenvalue weighted by Crippen LogP contribution is 2.27. The fourth-order valence-corrected chi connectivity index (χ4v) is 3.53. The topological polar surface area (TPSA) is 98.3 Å². The second-order valence-corrected chi connectivity index (χ2v) is 6.74. The van der Waals surface area contributed by atoms with Gasteiger partial charge in [0.1, 0.15) is 16.9 Å². The number of hydrogen-bond acceptors (Lipinski definition) is 4. The summed E-state index contributed by atoms with van der Waals surface area (Å²) in [4.78, 5) is 34.0. The number of fused-ring (bicyclic) bond motifs is 2. The molecule has 138 valence electrons. The summed E-state index contributed by atoms with van der Waals surface area (Å²) in [6.07, 6.45) is 1.95. The monoisotopic (exact) mass is 384 g/mol. The number of nitrogens with one attached hydrogen (secondary N) is 2. The first kappa shape index (κ1) is 17.5. The second-order valence-electron chi connectivity index (χ2n) is 6.35. The highest BCUT2D eigenvalue weighted by atomic mass is 35.5. The molecule has 2 aromatic heterocycles. The zero-order chi connectivity index (χ0) is 19.0. The molecule has 0 radical (unpaired) electrons. The van der Waals surface area contributed by atoms with Gasteiger partial charge in [-0.3, -0.25) is 9.59 Å². The number of para-hydroxylation sites is 1. The van der Waals surface area contributed by atoms with Crippen molar-refractivity contribution in [2.45, 2.75) is 12.5 Å². The number of benzene rings is 1. The van der Waals surface area contributed by atoms with Gasteiger partial charge < -0.3 is 20.3 Å². The van der Waals surface area contributed by atoms with Crippen LogP contribution in [-0.4, -0.2) is 46.1 Å². The molecule has 3 aromatic rings. The minimum Gasteiger partial charge on any atom is -0.395 e. The van der Waals surface area contributed by atoms with Gasteiger partial charge in [-0.2, -0.15) is 0 Å². The zero-order valence-corrected chi connectivity index (χ0v) is 15.0. The zero-order valence-electron chi connectivity index (χ0n) is 14.3. The van der Waals surface area contributed by atoms with Crippen LogP contribution in [0, 0.1) is 0 Å². The van der Waals surface area contributed by atoms with Crippen LogP contribution in [0.2, 0.25) is 5.15 Å². The van der Waals surface area contributed by atoms with Gasteiger partial charge in [0.05, 0.1) is 18.3 Å². The predicted molar refractivity (Wildman–Crippen MR) is 102 cm³/mol. The van der Waals surface area contributed by atoms with Crippen molar-refractivity contribution >= 4 is 40.0 Å². The summed E-state index contributed by atoms with van der Waals surface area (Å²) >= 11 is 5.88. The molecule has 1 aromatic carbocycles. The molecule has 0 saturated heterocycles. The molecule has 0 fully saturated rings. The third kappa shape index (κ3) is 3.27. The van der Waals surface area contributed by atoms with Gasteiger partial charge in [-0.15, -0.1) is 0 Å². The van der Waals surface area contributed by atoms with Crippen molar-refractivity contribution in [1.29, 1.82) is 0 Å². The number of β-amino-alcohol motifs (C(OH)–C–C–N with tert-alkyl or cyclic N) is 1. The van der Waals surface area contributed by atoms with Gasteiger partial charge in [-0.25, -0.2) is 4.98 Å². The van der Waals surface area contributed by atoms with Gasteiger partial charge in [0.2, 0.25) is 5.91 Å². The number of aromatic nitrogens is 2. The molecule has 1 aliphatic heterocycles. The highest BCUT2D eigenvalue weighted by molar-refractivity contribution is 6.30. The third-order valence-corrected chi connectivity index (χ3v) is 4.82. The molecule has 1 atom stereocenters. The number of halogens is 1. The van der Waals surface area contributed by atoms with Crippen molar-refractivity contribution < 1.29 is 14.7 Å². The maximum absolute atomic E-state index is 12.8. The Bertz CT molecular complexity index is 1030. The quantitative estimate of drug-likeness (QED) is 0.598. The Morgan fingerprint density at radius 3 is 3.00 bits per heavy atom. The van der Waals surface area contributed by atoms with Crippen LogP contribution in [0.1, 0.15) is 16.1 Å². The Morgan fingerprint density at radius 1 is 1.37 bits per heavy atom. The van der Waals surface area contributed by atoms with Crippen molar-refractivity contribution in [3.63, 3.8) is 0 Å². The first-order valence-electron chi connectivity index (χ1n) is 8.52. The van der Waals surface area contributed by atoms with Gasteiger partial charge in [0, 0.05) is 24.0 Å². The van der Waals surface area contributed by atoms with E-state index in [0.717, 1.165) is 16.6 Å². The molecule has 3 heterocycles. The number of aromatic amines is 1. The number of rotatable bonds is 4. The summed E-state index contributed by atoms with van der Waals surface area (Å²) in [6.45, 7) is 0.0231. The van der Waals surface area contributed by atoms with Crippen LogP contribution in [0.4, 0.5) is 5.69 Å². The van der Waals surface area contributed by atoms with E-state index in [2.05, 4.69) is 15.3 Å². The molecule has 1 unspecified atom stereocenters. The molecular formula is C19H17ClN4O3. The second kappa shape index (κ2) is 7.02. The van der Waals surface area contributed by atoms with E-state index in [4.69, 9.17) is 11.6 Å². The van der Waals surface area contributed by atoms with E-state index in [-0.39, 0.29) is 25.0 Å². The lowest BCUT2D eigenvalue weighted by atomic mass is 9.97. The first-order valence-corrected chi connectivity index (χ1v) is 8.90. The summed E-state index contributed by atoms with van der Waals surface area (Å²) in [5.74, 6) is -0.624. The molecule has 3 N–H and O–H groups in total. The number of H-pyrrole nitrogens is 1. The molecule has 4 rings (SSSR count). The lowest BCUT2D eigenvalue weighted by molar-refractivity contribution is -0.120. The third-order valence-electron chi connectivity index (χ3n) is 4.62. The van der Waals surface area contributed by atoms with Gasteiger partial charge in [-0.05, 0) is 23.8 Å². The average molecular weight is 385 g/mol. The van der Waals surface area contributed by atoms with Crippen molar-refractivity contribution in [3.05, 3.63) is 59.0 Å². The molecule has 0 saturated carbocycles. The lowest BCUT2D eigenvalue weighted by Crippen LogP contribution is -2.53. The number of aliphatic hydroxyl groups is 1. The van der Waals surface area contributed by atoms with Crippen molar-refractivity contribution in [2.75, 3.05) is 18.1 Å². The minimum atomic E-state index is -0.702. The van der Waals surface area contributed by atoms with E-state index < -0.39 is 6.04 Å². The fraction of sp³-hybridized carbons (Fsp3) is 0.211. The molecule has 0 spiro atoms. The van der Waals surface area contributed by atoms with Crippen LogP contribution >= 0.6 is 11.6 Å². The Balaban J connectivity index is 1.59. The molecule has 2 amide bonds. The van der Waals surface area contributed by atoms with E-state index in [0.29, 0.717) is 22.8 Å². The smallest absolute Gasteiger partial charge is 0.268 e. The fourth-order valence-electron chi connectivity index (χ4n) is 3.37. The van der Waals surface area contributed by atoms with Crippen molar-refractivity contribution in [1.82, 2.24) is 15.3 Å². The van der Waals surface area contributed by atoms with Crippen LogP contribution in [0.5, 0.6) is 0 Å². The molecule has 27 heavy (non-hydrogen) atoms. The summed E-state index contributed by atoms with van der Waals surface area (Å²) in [7, 11) is 0. The van der Waals surface area contributed by atoms with Crippen molar-refractivity contribution in [3.8, 4) is 0 Å². The standard InChI is InChI=1S/C19H17ClN4O3/c20-17-9-12-8-13(22-15(12)10-21-17)18(26)23-14-7-11-3-1-2-4-16(11)24(5-6-25)19(14)27/h1-4,8-10,14,22,25H,5-7H2,(H,23,26). The summed E-state index contributed by atoms with van der Waals surface area (Å²) < 4.78 is 0. The number of pyridine rings is 1. The van der Waals surface area contributed by atoms with Gasteiger partial charge in [-0.1, -0.05) is 29.8 Å². The van der Waals surface area contributed by atoms with Crippen LogP contribution in [-0.2, 0) is 11.2 Å². The summed E-state index contributed by atoms with van der Waals surface area (Å²) in [5, 5.41) is 13.2. The predicted octanol–water partition coefficient (Wildman–Crippen LogP) is 1.90. The molecule has 1 aliphatic rings. The maximum atomic E-state index is 12.8. The molecular weight excluding hydrogens is 368 g/mol. The Kier molecular flexibility index (Phi) is 4.55. The van der Waals surface area contributed by atoms with E-state index in [1.807, 2.05) is 24.3 Å². The Morgan fingerprint density at radius 2 is 2.19 bits per heavy atom. The van der Waals surface area contributed by atoms with Crippen LogP contribution < -0.4 is 10.2 Å². The number of hydrogen-bond donors (Lipinski definition) is 3. The van der Waals surface area contributed by atoms with Crippen LogP contribution in [0.25, 0.3) is 10.9 Å². The lowest BCUT2D eigenvalue weighted by Gasteiger charge is -2.34. The Labute approximate surface area is 160 Å². The first-order chi connectivity index (χ1) is 13.1. The number of amides is 2. The number of carbonyl (C=O) groups excluding carboxylic acids is 2. The molecule has 0 bridgehead atoms. The number of aliphatic hydroxyl groups excluding tert-OH is 1. The molecule has 7 nitrogen and oxygen atoms in total. The normalized spacial score (nSPS) is 16.4. The highest BCUT2D eigenvalue weighted by Gasteiger charge is 2.33. The van der Waals surface area contributed by atoms with Gasteiger partial charge >= 0.3 is 0 Å². The summed E-state index contributed by atoms with van der Waals surface area (Å²) in [5.41, 5.74) is 2.73. The Hall–Kier alpha value is -2.90. The van der Waals surface area contributed by atoms with Gasteiger partial charge in [0.15, 0.2) is 0 Å². The largest absolute Gasteiger partial charge is 0.395 e. The maximum Gasteiger partial charge on any atom is 0.268 e. The molecule has 8 heteroatoms. The van der Waals surface area contributed by atoms with Crippen LogP contribution in [0.3, 0.4) is 0 Å². The molecule has 0 aliphatic carbocycles. The van der Waals surface area contributed by atoms with Gasteiger partial charge in [0.25, 0.3) is 5.91 Å². The average Bonchev–Trinajstić information content (AvgIpc) is 3.08. The van der Waals surface area contributed by atoms with E-state index in [9.17, 15) is 14.7 Å². The van der Waals surface area contributed by atoms with Crippen molar-refractivity contribution in [2.24, 2.45) is 0 Å². The summed E-state index contributed by atoms with van der Waals surface area (Å²) in [6, 6.07) is 10.1. The SMILES string of the molecule is O=C(NC1Cc2ccccc2N(CCO)C1=O)c1cc2cc(Cl)ncc2[nH]1. The number of anilines is 1. The minimum absolute atomic E-state index is 0.156. The number of nitrogens with zero attached hydrogens (tertiary/aromatic N) is 2. The number of carbonyl (C=O) groups is 2. The van der Waals surface area contributed by atoms with E-state index in [1.165, 1.54) is 4.90 Å². The van der Waals surface area contributed by atoms with E-state index in [1.54, 1.807) is 18.3 Å².